The number of benzene rings is 1. The number of hydrogen-bond acceptors (Lipinski definition) is 5. The van der Waals surface area contributed by atoms with Crippen LogP contribution < -0.4 is 14.8 Å². The molecular formula is C14H19NO5S. The molecule has 116 valence electrons. The van der Waals surface area contributed by atoms with E-state index < -0.39 is 9.84 Å². The molecule has 1 N–H and O–H groups in total. The minimum atomic E-state index is -2.92. The number of ether oxygens (including phenoxy) is 2. The molecule has 1 fully saturated rings. The van der Waals surface area contributed by atoms with Gasteiger partial charge in [0.05, 0.1) is 31.3 Å². The maximum absolute atomic E-state index is 12.2. The van der Waals surface area contributed by atoms with Crippen molar-refractivity contribution in [3.8, 4) is 11.5 Å². The van der Waals surface area contributed by atoms with E-state index in [1.54, 1.807) is 18.2 Å². The summed E-state index contributed by atoms with van der Waals surface area (Å²) in [7, 11) is 0.0957. The normalized spacial score (nSPS) is 20.0. The van der Waals surface area contributed by atoms with Crippen LogP contribution in [0.3, 0.4) is 0 Å². The van der Waals surface area contributed by atoms with Gasteiger partial charge in [0.2, 0.25) is 0 Å². The first-order valence-electron chi connectivity index (χ1n) is 6.66. The van der Waals surface area contributed by atoms with Gasteiger partial charge in [0.15, 0.2) is 9.84 Å². The standard InChI is InChI=1S/C14H19NO5S/c1-19-11-3-4-12(13(7-11)20-2)14(16)15-8-10-5-6-21(17,18)9-10/h3-4,7,10H,5-6,8-9H2,1-2H3,(H,15,16). The van der Waals surface area contributed by atoms with Gasteiger partial charge in [-0.05, 0) is 24.5 Å². The third-order valence-electron chi connectivity index (χ3n) is 3.53. The molecule has 0 radical (unpaired) electrons. The van der Waals surface area contributed by atoms with E-state index in [4.69, 9.17) is 9.47 Å². The third kappa shape index (κ3) is 3.87. The monoisotopic (exact) mass is 313 g/mol. The predicted molar refractivity (Wildman–Crippen MR) is 78.6 cm³/mol. The van der Waals surface area contributed by atoms with Crippen molar-refractivity contribution in [3.05, 3.63) is 23.8 Å². The fourth-order valence-corrected chi connectivity index (χ4v) is 4.21. The fraction of sp³-hybridized carbons (Fsp3) is 0.500. The van der Waals surface area contributed by atoms with Crippen LogP contribution >= 0.6 is 0 Å². The van der Waals surface area contributed by atoms with E-state index in [2.05, 4.69) is 5.32 Å². The minimum Gasteiger partial charge on any atom is -0.497 e. The average molecular weight is 313 g/mol. The van der Waals surface area contributed by atoms with E-state index in [9.17, 15) is 13.2 Å². The molecule has 7 heteroatoms. The Bertz CT molecular complexity index is 626. The van der Waals surface area contributed by atoms with E-state index in [0.717, 1.165) is 0 Å². The van der Waals surface area contributed by atoms with Gasteiger partial charge in [0.1, 0.15) is 11.5 Å². The van der Waals surface area contributed by atoms with E-state index in [0.29, 0.717) is 30.0 Å². The van der Waals surface area contributed by atoms with Crippen molar-refractivity contribution in [3.63, 3.8) is 0 Å². The molecule has 0 aliphatic carbocycles. The Morgan fingerprint density at radius 2 is 2.10 bits per heavy atom. The lowest BCUT2D eigenvalue weighted by molar-refractivity contribution is 0.0945. The number of hydrogen-bond donors (Lipinski definition) is 1. The Labute approximate surface area is 124 Å². The molecular weight excluding hydrogens is 294 g/mol. The van der Waals surface area contributed by atoms with Gasteiger partial charge in [0, 0.05) is 12.6 Å². The van der Waals surface area contributed by atoms with Gasteiger partial charge in [-0.1, -0.05) is 0 Å². The second kappa shape index (κ2) is 6.34. The SMILES string of the molecule is COc1ccc(C(=O)NCC2CCS(=O)(=O)C2)c(OC)c1. The van der Waals surface area contributed by atoms with Crippen LogP contribution in [0.5, 0.6) is 11.5 Å². The zero-order chi connectivity index (χ0) is 15.5. The molecule has 1 atom stereocenters. The quantitative estimate of drug-likeness (QED) is 0.872. The topological polar surface area (TPSA) is 81.7 Å². The van der Waals surface area contributed by atoms with Crippen molar-refractivity contribution in [2.75, 3.05) is 32.3 Å². The van der Waals surface area contributed by atoms with Crippen LogP contribution in [0.2, 0.25) is 0 Å². The molecule has 6 nitrogen and oxygen atoms in total. The van der Waals surface area contributed by atoms with E-state index in [-0.39, 0.29) is 23.3 Å². The van der Waals surface area contributed by atoms with Gasteiger partial charge in [-0.25, -0.2) is 8.42 Å². The van der Waals surface area contributed by atoms with Crippen LogP contribution in [0.15, 0.2) is 18.2 Å². The van der Waals surface area contributed by atoms with Crippen LogP contribution in [-0.2, 0) is 9.84 Å². The zero-order valence-electron chi connectivity index (χ0n) is 12.1. The zero-order valence-corrected chi connectivity index (χ0v) is 12.9. The molecule has 1 amide bonds. The minimum absolute atomic E-state index is 0.0109. The van der Waals surface area contributed by atoms with Crippen LogP contribution in [0.4, 0.5) is 0 Å². The number of nitrogens with one attached hydrogen (secondary N) is 1. The fourth-order valence-electron chi connectivity index (χ4n) is 2.35. The Morgan fingerprint density at radius 3 is 2.67 bits per heavy atom. The van der Waals surface area contributed by atoms with Gasteiger partial charge in [-0.3, -0.25) is 4.79 Å². The first-order chi connectivity index (χ1) is 9.95. The molecule has 1 aromatic rings. The van der Waals surface area contributed by atoms with Crippen molar-refractivity contribution in [2.45, 2.75) is 6.42 Å². The van der Waals surface area contributed by atoms with Crippen LogP contribution in [0.25, 0.3) is 0 Å². The summed E-state index contributed by atoms with van der Waals surface area (Å²) in [5, 5.41) is 2.77. The lowest BCUT2D eigenvalue weighted by atomic mass is 10.1. The van der Waals surface area contributed by atoms with Crippen LogP contribution in [0, 0.1) is 5.92 Å². The number of carbonyl (C=O) groups is 1. The first-order valence-corrected chi connectivity index (χ1v) is 8.48. The Kier molecular flexibility index (Phi) is 4.72. The molecule has 0 bridgehead atoms. The number of carbonyl (C=O) groups excluding carboxylic acids is 1. The molecule has 1 aliphatic heterocycles. The van der Waals surface area contributed by atoms with Crippen LogP contribution in [0.1, 0.15) is 16.8 Å². The second-order valence-electron chi connectivity index (χ2n) is 5.05. The molecule has 2 rings (SSSR count). The van der Waals surface area contributed by atoms with Crippen LogP contribution in [-0.4, -0.2) is 46.6 Å². The predicted octanol–water partition coefficient (Wildman–Crippen LogP) is 0.868. The maximum atomic E-state index is 12.2. The highest BCUT2D eigenvalue weighted by atomic mass is 32.2. The second-order valence-corrected chi connectivity index (χ2v) is 7.27. The summed E-state index contributed by atoms with van der Waals surface area (Å²) >= 11 is 0. The Morgan fingerprint density at radius 1 is 1.33 bits per heavy atom. The summed E-state index contributed by atoms with van der Waals surface area (Å²) in [6.07, 6.45) is 0.600. The van der Waals surface area contributed by atoms with Crippen molar-refractivity contribution in [1.82, 2.24) is 5.32 Å². The lowest BCUT2D eigenvalue weighted by Gasteiger charge is -2.12. The van der Waals surface area contributed by atoms with E-state index in [1.807, 2.05) is 0 Å². The van der Waals surface area contributed by atoms with Gasteiger partial charge in [0.25, 0.3) is 5.91 Å². The summed E-state index contributed by atoms with van der Waals surface area (Å²) in [6.45, 7) is 0.354. The summed E-state index contributed by atoms with van der Waals surface area (Å²) in [6, 6.07) is 4.94. The molecule has 1 heterocycles. The van der Waals surface area contributed by atoms with Crippen molar-refractivity contribution >= 4 is 15.7 Å². The third-order valence-corrected chi connectivity index (χ3v) is 5.37. The van der Waals surface area contributed by atoms with Crippen molar-refractivity contribution < 1.29 is 22.7 Å². The first kappa shape index (κ1) is 15.6. The van der Waals surface area contributed by atoms with Gasteiger partial charge in [-0.2, -0.15) is 0 Å². The summed E-state index contributed by atoms with van der Waals surface area (Å²) in [5.41, 5.74) is 0.402. The number of methoxy groups -OCH3 is 2. The number of amides is 1. The summed E-state index contributed by atoms with van der Waals surface area (Å²) < 4.78 is 33.0. The summed E-state index contributed by atoms with van der Waals surface area (Å²) in [5.74, 6) is 1.09. The van der Waals surface area contributed by atoms with Gasteiger partial charge >= 0.3 is 0 Å². The van der Waals surface area contributed by atoms with Gasteiger partial charge in [-0.15, -0.1) is 0 Å². The van der Waals surface area contributed by atoms with Gasteiger partial charge < -0.3 is 14.8 Å². The molecule has 1 unspecified atom stereocenters. The Balaban J connectivity index is 2.00. The highest BCUT2D eigenvalue weighted by molar-refractivity contribution is 7.91. The smallest absolute Gasteiger partial charge is 0.255 e. The largest absolute Gasteiger partial charge is 0.497 e. The Hall–Kier alpha value is -1.76. The van der Waals surface area contributed by atoms with E-state index in [1.165, 1.54) is 14.2 Å². The number of rotatable bonds is 5. The molecule has 0 spiro atoms. The highest BCUT2D eigenvalue weighted by Crippen LogP contribution is 2.24. The molecule has 1 aromatic carbocycles. The highest BCUT2D eigenvalue weighted by Gasteiger charge is 2.28. The summed E-state index contributed by atoms with van der Waals surface area (Å²) in [4.78, 5) is 12.2. The van der Waals surface area contributed by atoms with E-state index >= 15 is 0 Å². The number of sulfone groups is 1. The van der Waals surface area contributed by atoms with Crippen molar-refractivity contribution in [1.29, 1.82) is 0 Å². The molecule has 1 aliphatic rings. The molecule has 0 saturated carbocycles. The maximum Gasteiger partial charge on any atom is 0.255 e. The molecule has 0 aromatic heterocycles. The molecule has 21 heavy (non-hydrogen) atoms. The molecule has 1 saturated heterocycles. The lowest BCUT2D eigenvalue weighted by Crippen LogP contribution is -2.30. The average Bonchev–Trinajstić information content (AvgIpc) is 2.83. The van der Waals surface area contributed by atoms with Crippen molar-refractivity contribution in [2.24, 2.45) is 5.92 Å².